The predicted octanol–water partition coefficient (Wildman–Crippen LogP) is 0.297. The molecular weight excluding hydrogens is 322 g/mol. The van der Waals surface area contributed by atoms with E-state index in [9.17, 15) is 4.79 Å². The lowest BCUT2D eigenvalue weighted by Gasteiger charge is -2.32. The molecule has 1 aliphatic heterocycles. The Morgan fingerprint density at radius 3 is 2.80 bits per heavy atom. The lowest BCUT2D eigenvalue weighted by Crippen LogP contribution is -2.38. The maximum absolute atomic E-state index is 11.7. The van der Waals surface area contributed by atoms with Crippen molar-refractivity contribution in [2.24, 2.45) is 0 Å². The molecule has 9 heteroatoms. The zero-order valence-electron chi connectivity index (χ0n) is 14.8. The van der Waals surface area contributed by atoms with E-state index in [1.807, 2.05) is 11.6 Å². The highest BCUT2D eigenvalue weighted by Crippen LogP contribution is 2.29. The number of rotatable bonds is 6. The van der Waals surface area contributed by atoms with Crippen LogP contribution in [0.25, 0.3) is 0 Å². The van der Waals surface area contributed by atoms with Gasteiger partial charge in [0.05, 0.1) is 18.8 Å². The van der Waals surface area contributed by atoms with Crippen molar-refractivity contribution in [3.8, 4) is 0 Å². The van der Waals surface area contributed by atoms with E-state index < -0.39 is 0 Å². The number of fused-ring (bicyclic) bond motifs is 1. The van der Waals surface area contributed by atoms with E-state index in [4.69, 9.17) is 4.74 Å². The summed E-state index contributed by atoms with van der Waals surface area (Å²) in [6, 6.07) is 1.79. The third-order valence-electron chi connectivity index (χ3n) is 4.19. The lowest BCUT2D eigenvalue weighted by molar-refractivity contribution is -0.133. The van der Waals surface area contributed by atoms with Gasteiger partial charge in [-0.3, -0.25) is 4.79 Å². The molecule has 2 aromatic heterocycles. The minimum Gasteiger partial charge on any atom is -0.371 e. The number of amides is 1. The average Bonchev–Trinajstić information content (AvgIpc) is 3.05. The Bertz CT molecular complexity index is 717. The summed E-state index contributed by atoms with van der Waals surface area (Å²) in [6.45, 7) is 4.58. The van der Waals surface area contributed by atoms with Crippen LogP contribution in [-0.4, -0.2) is 69.6 Å². The highest BCUT2D eigenvalue weighted by atomic mass is 16.5. The molecular formula is C16H23N7O2. The van der Waals surface area contributed by atoms with Crippen molar-refractivity contribution < 1.29 is 9.53 Å². The van der Waals surface area contributed by atoms with Gasteiger partial charge in [-0.05, 0) is 13.0 Å². The third-order valence-corrected chi connectivity index (χ3v) is 4.19. The first-order chi connectivity index (χ1) is 12.1. The summed E-state index contributed by atoms with van der Waals surface area (Å²) in [7, 11) is 3.43. The van der Waals surface area contributed by atoms with Gasteiger partial charge in [0, 0.05) is 45.5 Å². The number of anilines is 1. The zero-order chi connectivity index (χ0) is 17.8. The Morgan fingerprint density at radius 1 is 1.36 bits per heavy atom. The molecule has 0 saturated carbocycles. The maximum Gasteiger partial charge on any atom is 0.248 e. The lowest BCUT2D eigenvalue weighted by atomic mass is 9.99. The van der Waals surface area contributed by atoms with E-state index in [1.54, 1.807) is 32.6 Å². The van der Waals surface area contributed by atoms with Crippen molar-refractivity contribution in [1.29, 1.82) is 0 Å². The van der Waals surface area contributed by atoms with E-state index in [0.717, 1.165) is 17.9 Å². The summed E-state index contributed by atoms with van der Waals surface area (Å²) in [4.78, 5) is 24.0. The summed E-state index contributed by atoms with van der Waals surface area (Å²) in [5.74, 6) is 0.660. The number of carbonyl (C=O) groups is 1. The van der Waals surface area contributed by atoms with Gasteiger partial charge in [-0.2, -0.15) is 0 Å². The van der Waals surface area contributed by atoms with Crippen LogP contribution in [0.3, 0.4) is 0 Å². The molecule has 0 saturated heterocycles. The molecule has 25 heavy (non-hydrogen) atoms. The fourth-order valence-corrected chi connectivity index (χ4v) is 2.90. The van der Waals surface area contributed by atoms with Gasteiger partial charge in [0.2, 0.25) is 11.9 Å². The smallest absolute Gasteiger partial charge is 0.248 e. The van der Waals surface area contributed by atoms with Crippen LogP contribution in [-0.2, 0) is 22.6 Å². The second-order valence-electron chi connectivity index (χ2n) is 6.17. The second-order valence-corrected chi connectivity index (χ2v) is 6.17. The van der Waals surface area contributed by atoms with Gasteiger partial charge < -0.3 is 14.5 Å². The molecule has 2 aromatic rings. The molecule has 1 aliphatic rings. The van der Waals surface area contributed by atoms with Gasteiger partial charge in [0.1, 0.15) is 12.3 Å². The van der Waals surface area contributed by atoms with E-state index in [-0.39, 0.29) is 18.4 Å². The summed E-state index contributed by atoms with van der Waals surface area (Å²) in [6.07, 6.45) is 3.45. The number of aryl methyl sites for hydroxylation is 1. The highest BCUT2D eigenvalue weighted by molar-refractivity contribution is 5.76. The zero-order valence-corrected chi connectivity index (χ0v) is 14.8. The van der Waals surface area contributed by atoms with Gasteiger partial charge in [0.25, 0.3) is 0 Å². The molecule has 0 N–H and O–H groups in total. The standard InChI is InChI=1S/C16H23N7O2/c1-4-23-15-12(10-25-11-14(24)21(2)3)8-22(9-13(15)19-20-23)16-17-6-5-7-18-16/h5-7,12H,4,8-11H2,1-3H3. The molecule has 0 aliphatic carbocycles. The number of hydrogen-bond acceptors (Lipinski definition) is 7. The maximum atomic E-state index is 11.7. The van der Waals surface area contributed by atoms with Gasteiger partial charge in [-0.15, -0.1) is 5.10 Å². The summed E-state index contributed by atoms with van der Waals surface area (Å²) >= 11 is 0. The SMILES string of the molecule is CCn1nnc2c1C(COCC(=O)N(C)C)CN(c1ncccn1)C2. The van der Waals surface area contributed by atoms with Crippen LogP contribution >= 0.6 is 0 Å². The number of likely N-dealkylation sites (N-methyl/N-ethyl adjacent to an activating group) is 1. The number of aromatic nitrogens is 5. The summed E-state index contributed by atoms with van der Waals surface area (Å²) in [5.41, 5.74) is 1.99. The van der Waals surface area contributed by atoms with Gasteiger partial charge in [-0.25, -0.2) is 14.6 Å². The molecule has 0 aromatic carbocycles. The first-order valence-corrected chi connectivity index (χ1v) is 8.32. The molecule has 3 rings (SSSR count). The van der Waals surface area contributed by atoms with E-state index in [1.165, 1.54) is 4.90 Å². The fourth-order valence-electron chi connectivity index (χ4n) is 2.90. The van der Waals surface area contributed by atoms with Crippen LogP contribution in [0.1, 0.15) is 24.2 Å². The summed E-state index contributed by atoms with van der Waals surface area (Å²) in [5, 5.41) is 8.54. The topological polar surface area (TPSA) is 89.3 Å². The molecule has 9 nitrogen and oxygen atoms in total. The molecule has 0 bridgehead atoms. The quantitative estimate of drug-likeness (QED) is 0.744. The van der Waals surface area contributed by atoms with Gasteiger partial charge in [0.15, 0.2) is 0 Å². The van der Waals surface area contributed by atoms with Crippen LogP contribution in [0.15, 0.2) is 18.5 Å². The Balaban J connectivity index is 1.77. The first-order valence-electron chi connectivity index (χ1n) is 8.32. The molecule has 1 atom stereocenters. The highest BCUT2D eigenvalue weighted by Gasteiger charge is 2.32. The Labute approximate surface area is 146 Å². The van der Waals surface area contributed by atoms with E-state index >= 15 is 0 Å². The number of ether oxygens (including phenoxy) is 1. The largest absolute Gasteiger partial charge is 0.371 e. The van der Waals surface area contributed by atoms with Crippen LogP contribution < -0.4 is 4.90 Å². The van der Waals surface area contributed by atoms with Crippen LogP contribution in [0.4, 0.5) is 5.95 Å². The molecule has 1 unspecified atom stereocenters. The van der Waals surface area contributed by atoms with Crippen molar-refractivity contribution in [1.82, 2.24) is 29.9 Å². The van der Waals surface area contributed by atoms with Crippen LogP contribution in [0, 0.1) is 0 Å². The number of nitrogens with zero attached hydrogens (tertiary/aromatic N) is 7. The second kappa shape index (κ2) is 7.56. The van der Waals surface area contributed by atoms with E-state index in [0.29, 0.717) is 25.6 Å². The number of hydrogen-bond donors (Lipinski definition) is 0. The van der Waals surface area contributed by atoms with Gasteiger partial charge in [-0.1, -0.05) is 5.21 Å². The molecule has 1 amide bonds. The third kappa shape index (κ3) is 3.76. The van der Waals surface area contributed by atoms with E-state index in [2.05, 4.69) is 25.2 Å². The Hall–Kier alpha value is -2.55. The predicted molar refractivity (Wildman–Crippen MR) is 91.0 cm³/mol. The van der Waals surface area contributed by atoms with Crippen LogP contribution in [0.5, 0.6) is 0 Å². The fraction of sp³-hybridized carbons (Fsp3) is 0.562. The van der Waals surface area contributed by atoms with Crippen molar-refractivity contribution in [3.05, 3.63) is 29.8 Å². The molecule has 0 spiro atoms. The van der Waals surface area contributed by atoms with Gasteiger partial charge >= 0.3 is 0 Å². The minimum atomic E-state index is -0.0543. The first kappa shape index (κ1) is 17.3. The van der Waals surface area contributed by atoms with Crippen molar-refractivity contribution in [2.45, 2.75) is 25.9 Å². The van der Waals surface area contributed by atoms with Crippen molar-refractivity contribution in [2.75, 3.05) is 38.8 Å². The molecule has 134 valence electrons. The Kier molecular flexibility index (Phi) is 5.22. The molecule has 0 fully saturated rings. The Morgan fingerprint density at radius 2 is 2.12 bits per heavy atom. The monoisotopic (exact) mass is 345 g/mol. The van der Waals surface area contributed by atoms with Crippen molar-refractivity contribution in [3.63, 3.8) is 0 Å². The molecule has 0 radical (unpaired) electrons. The number of carbonyl (C=O) groups excluding carboxylic acids is 1. The molecule has 3 heterocycles. The van der Waals surface area contributed by atoms with Crippen LogP contribution in [0.2, 0.25) is 0 Å². The normalized spacial score (nSPS) is 16.6. The van der Waals surface area contributed by atoms with Crippen molar-refractivity contribution >= 4 is 11.9 Å². The minimum absolute atomic E-state index is 0.0532. The average molecular weight is 345 g/mol. The summed E-state index contributed by atoms with van der Waals surface area (Å²) < 4.78 is 7.58.